The molecule has 144 valence electrons. The zero-order valence-electron chi connectivity index (χ0n) is 14.9. The SMILES string of the molecule is COc1cccc(C(=O)NNC(=O)c2ccc(COc3ccc(Cl)cc3)o2)c1. The maximum absolute atomic E-state index is 12.1. The second-order valence-corrected chi connectivity index (χ2v) is 6.09. The molecular formula is C20H17ClN2O5. The third kappa shape index (κ3) is 5.05. The summed E-state index contributed by atoms with van der Waals surface area (Å²) in [5.41, 5.74) is 4.97. The van der Waals surface area contributed by atoms with Gasteiger partial charge in [-0.1, -0.05) is 17.7 Å². The highest BCUT2D eigenvalue weighted by Crippen LogP contribution is 2.18. The van der Waals surface area contributed by atoms with E-state index < -0.39 is 11.8 Å². The highest BCUT2D eigenvalue weighted by molar-refractivity contribution is 6.30. The molecule has 28 heavy (non-hydrogen) atoms. The third-order valence-electron chi connectivity index (χ3n) is 3.70. The van der Waals surface area contributed by atoms with E-state index in [1.807, 2.05) is 0 Å². The van der Waals surface area contributed by atoms with E-state index in [0.29, 0.717) is 27.8 Å². The van der Waals surface area contributed by atoms with Gasteiger partial charge in [-0.25, -0.2) is 0 Å². The summed E-state index contributed by atoms with van der Waals surface area (Å²) >= 11 is 5.82. The van der Waals surface area contributed by atoms with Gasteiger partial charge < -0.3 is 13.9 Å². The average molecular weight is 401 g/mol. The predicted molar refractivity (Wildman–Crippen MR) is 102 cm³/mol. The Morgan fingerprint density at radius 3 is 2.46 bits per heavy atom. The van der Waals surface area contributed by atoms with E-state index in [1.165, 1.54) is 13.2 Å². The van der Waals surface area contributed by atoms with Crippen LogP contribution in [0.3, 0.4) is 0 Å². The number of carbonyl (C=O) groups is 2. The number of rotatable bonds is 6. The minimum Gasteiger partial charge on any atom is -0.497 e. The molecule has 1 aromatic heterocycles. The first-order chi connectivity index (χ1) is 13.5. The van der Waals surface area contributed by atoms with E-state index in [1.54, 1.807) is 54.6 Å². The van der Waals surface area contributed by atoms with Crippen molar-refractivity contribution in [1.82, 2.24) is 10.9 Å². The number of hydrogen-bond donors (Lipinski definition) is 2. The van der Waals surface area contributed by atoms with E-state index in [-0.39, 0.29) is 12.4 Å². The van der Waals surface area contributed by atoms with Gasteiger partial charge in [0.15, 0.2) is 5.76 Å². The molecule has 0 saturated carbocycles. The van der Waals surface area contributed by atoms with Crippen molar-refractivity contribution in [3.05, 3.63) is 82.8 Å². The highest BCUT2D eigenvalue weighted by atomic mass is 35.5. The van der Waals surface area contributed by atoms with Crippen molar-refractivity contribution in [1.29, 1.82) is 0 Å². The molecule has 0 saturated heterocycles. The highest BCUT2D eigenvalue weighted by Gasteiger charge is 2.13. The molecule has 3 rings (SSSR count). The molecule has 0 fully saturated rings. The van der Waals surface area contributed by atoms with Gasteiger partial charge in [0.05, 0.1) is 7.11 Å². The first kappa shape index (κ1) is 19.3. The lowest BCUT2D eigenvalue weighted by Crippen LogP contribution is -2.41. The lowest BCUT2D eigenvalue weighted by atomic mass is 10.2. The molecule has 0 radical (unpaired) electrons. The van der Waals surface area contributed by atoms with Crippen LogP contribution in [0.25, 0.3) is 0 Å². The number of furan rings is 1. The summed E-state index contributed by atoms with van der Waals surface area (Å²) in [7, 11) is 1.50. The van der Waals surface area contributed by atoms with Crippen LogP contribution in [0.2, 0.25) is 5.02 Å². The fourth-order valence-corrected chi connectivity index (χ4v) is 2.40. The summed E-state index contributed by atoms with van der Waals surface area (Å²) < 4.78 is 16.0. The maximum Gasteiger partial charge on any atom is 0.305 e. The number of hydrogen-bond acceptors (Lipinski definition) is 5. The van der Waals surface area contributed by atoms with Crippen molar-refractivity contribution >= 4 is 23.4 Å². The molecule has 2 N–H and O–H groups in total. The summed E-state index contributed by atoms with van der Waals surface area (Å²) in [6.45, 7) is 0.144. The molecule has 0 aliphatic rings. The lowest BCUT2D eigenvalue weighted by Gasteiger charge is -2.07. The number of carbonyl (C=O) groups excluding carboxylic acids is 2. The van der Waals surface area contributed by atoms with Crippen molar-refractivity contribution in [2.75, 3.05) is 7.11 Å². The number of benzene rings is 2. The third-order valence-corrected chi connectivity index (χ3v) is 3.95. The fraction of sp³-hybridized carbons (Fsp3) is 0.100. The van der Waals surface area contributed by atoms with Crippen molar-refractivity contribution < 1.29 is 23.5 Å². The molecule has 2 amide bonds. The van der Waals surface area contributed by atoms with Gasteiger partial charge in [0.1, 0.15) is 23.9 Å². The van der Waals surface area contributed by atoms with Gasteiger partial charge in [0.25, 0.3) is 5.91 Å². The molecule has 0 aliphatic carbocycles. The Morgan fingerprint density at radius 2 is 1.71 bits per heavy atom. The zero-order chi connectivity index (χ0) is 19.9. The maximum atomic E-state index is 12.1. The number of nitrogens with one attached hydrogen (secondary N) is 2. The van der Waals surface area contributed by atoms with E-state index in [9.17, 15) is 9.59 Å². The number of hydrazine groups is 1. The van der Waals surface area contributed by atoms with E-state index in [0.717, 1.165) is 0 Å². The molecule has 8 heteroatoms. The van der Waals surface area contributed by atoms with Crippen LogP contribution in [0, 0.1) is 0 Å². The fourth-order valence-electron chi connectivity index (χ4n) is 2.27. The topological polar surface area (TPSA) is 89.8 Å². The molecule has 0 spiro atoms. The summed E-state index contributed by atoms with van der Waals surface area (Å²) in [4.78, 5) is 24.2. The van der Waals surface area contributed by atoms with Crippen molar-refractivity contribution in [2.24, 2.45) is 0 Å². The minimum absolute atomic E-state index is 0.0423. The monoisotopic (exact) mass is 400 g/mol. The lowest BCUT2D eigenvalue weighted by molar-refractivity contribution is 0.0828. The van der Waals surface area contributed by atoms with Crippen LogP contribution < -0.4 is 20.3 Å². The van der Waals surface area contributed by atoms with Gasteiger partial charge in [-0.2, -0.15) is 0 Å². The molecule has 0 atom stereocenters. The number of halogens is 1. The van der Waals surface area contributed by atoms with Crippen molar-refractivity contribution in [2.45, 2.75) is 6.61 Å². The van der Waals surface area contributed by atoms with Gasteiger partial charge in [-0.15, -0.1) is 0 Å². The molecule has 0 unspecified atom stereocenters. The summed E-state index contributed by atoms with van der Waals surface area (Å²) in [5, 5.41) is 0.611. The smallest absolute Gasteiger partial charge is 0.305 e. The second-order valence-electron chi connectivity index (χ2n) is 5.65. The molecule has 1 heterocycles. The van der Waals surface area contributed by atoms with Crippen LogP contribution in [-0.4, -0.2) is 18.9 Å². The molecular weight excluding hydrogens is 384 g/mol. The Hall–Kier alpha value is -3.45. The van der Waals surface area contributed by atoms with Gasteiger partial charge in [-0.05, 0) is 54.6 Å². The first-order valence-electron chi connectivity index (χ1n) is 8.27. The second kappa shape index (κ2) is 8.96. The zero-order valence-corrected chi connectivity index (χ0v) is 15.7. The van der Waals surface area contributed by atoms with Gasteiger partial charge in [0, 0.05) is 10.6 Å². The molecule has 2 aromatic carbocycles. The van der Waals surface area contributed by atoms with Crippen molar-refractivity contribution in [3.63, 3.8) is 0 Å². The van der Waals surface area contributed by atoms with Crippen LogP contribution in [0.5, 0.6) is 11.5 Å². The van der Waals surface area contributed by atoms with Crippen molar-refractivity contribution in [3.8, 4) is 11.5 Å². The van der Waals surface area contributed by atoms with E-state index >= 15 is 0 Å². The molecule has 3 aromatic rings. The number of methoxy groups -OCH3 is 1. The molecule has 0 aliphatic heterocycles. The summed E-state index contributed by atoms with van der Waals surface area (Å²) in [5.74, 6) is 0.589. The van der Waals surface area contributed by atoms with Crippen LogP contribution in [0.1, 0.15) is 26.7 Å². The van der Waals surface area contributed by atoms with Crippen LogP contribution >= 0.6 is 11.6 Å². The minimum atomic E-state index is -0.589. The van der Waals surface area contributed by atoms with Gasteiger partial charge in [0.2, 0.25) is 0 Å². The molecule has 0 bridgehead atoms. The van der Waals surface area contributed by atoms with Gasteiger partial charge >= 0.3 is 5.91 Å². The summed E-state index contributed by atoms with van der Waals surface area (Å²) in [6.07, 6.45) is 0. The number of ether oxygens (including phenoxy) is 2. The Bertz CT molecular complexity index is 969. The van der Waals surface area contributed by atoms with Crippen LogP contribution in [-0.2, 0) is 6.61 Å². The normalized spacial score (nSPS) is 10.2. The standard InChI is InChI=1S/C20H17ClN2O5/c1-26-16-4-2-3-13(11-16)19(24)22-23-20(25)18-10-9-17(28-18)12-27-15-7-5-14(21)6-8-15/h2-11H,12H2,1H3,(H,22,24)(H,23,25). The Labute approximate surface area is 166 Å². The Kier molecular flexibility index (Phi) is 6.18. The van der Waals surface area contributed by atoms with Crippen LogP contribution in [0.15, 0.2) is 65.1 Å². The number of amides is 2. The van der Waals surface area contributed by atoms with E-state index in [2.05, 4.69) is 10.9 Å². The Balaban J connectivity index is 1.52. The van der Waals surface area contributed by atoms with E-state index in [4.69, 9.17) is 25.5 Å². The predicted octanol–water partition coefficient (Wildman–Crippen LogP) is 3.60. The van der Waals surface area contributed by atoms with Gasteiger partial charge in [-0.3, -0.25) is 20.4 Å². The largest absolute Gasteiger partial charge is 0.497 e. The van der Waals surface area contributed by atoms with Crippen LogP contribution in [0.4, 0.5) is 0 Å². The average Bonchev–Trinajstić information content (AvgIpc) is 3.20. The first-order valence-corrected chi connectivity index (χ1v) is 8.65. The quantitative estimate of drug-likeness (QED) is 0.617. The summed E-state index contributed by atoms with van der Waals surface area (Å²) in [6, 6.07) is 16.5. The molecule has 7 nitrogen and oxygen atoms in total. The Morgan fingerprint density at radius 1 is 0.964 bits per heavy atom.